The average molecular weight is 331 g/mol. The first-order chi connectivity index (χ1) is 11.2. The number of hydrogen-bond donors (Lipinski definition) is 1. The van der Waals surface area contributed by atoms with E-state index >= 15 is 0 Å². The van der Waals surface area contributed by atoms with Crippen molar-refractivity contribution in [3.05, 3.63) is 29.8 Å². The van der Waals surface area contributed by atoms with Gasteiger partial charge < -0.3 is 15.1 Å². The third-order valence-electron chi connectivity index (χ3n) is 4.06. The zero-order chi connectivity index (χ0) is 17.9. The van der Waals surface area contributed by atoms with E-state index in [1.807, 2.05) is 20.8 Å². The van der Waals surface area contributed by atoms with Crippen LogP contribution in [0.1, 0.15) is 38.1 Å². The van der Waals surface area contributed by atoms with Gasteiger partial charge in [0, 0.05) is 49.8 Å². The van der Waals surface area contributed by atoms with Crippen LogP contribution in [0.2, 0.25) is 0 Å². The molecule has 1 aliphatic rings. The maximum atomic E-state index is 12.6. The minimum atomic E-state index is -0.497. The van der Waals surface area contributed by atoms with Gasteiger partial charge in [-0.1, -0.05) is 26.8 Å². The molecular formula is C18H25N3O3. The lowest BCUT2D eigenvalue weighted by molar-refractivity contribution is -0.130. The lowest BCUT2D eigenvalue weighted by Crippen LogP contribution is -2.50. The van der Waals surface area contributed by atoms with Crippen molar-refractivity contribution < 1.29 is 14.4 Å². The molecule has 6 nitrogen and oxygen atoms in total. The Bertz CT molecular complexity index is 641. The molecule has 2 rings (SSSR count). The van der Waals surface area contributed by atoms with Crippen molar-refractivity contribution in [1.29, 1.82) is 0 Å². The van der Waals surface area contributed by atoms with E-state index < -0.39 is 5.41 Å². The van der Waals surface area contributed by atoms with E-state index in [1.165, 1.54) is 0 Å². The predicted molar refractivity (Wildman–Crippen MR) is 92.7 cm³/mol. The van der Waals surface area contributed by atoms with Crippen LogP contribution in [0.15, 0.2) is 24.3 Å². The standard InChI is InChI=1S/C18H25N3O3/c1-13(22)20-8-10-21(11-9-20)16(23)14-6-5-7-15(12-14)19-17(24)18(2,3)4/h5-7,12H,8-11H2,1-4H3,(H,19,24). The number of rotatable bonds is 2. The number of amides is 3. The SMILES string of the molecule is CC(=O)N1CCN(C(=O)c2cccc(NC(=O)C(C)(C)C)c2)CC1. The highest BCUT2D eigenvalue weighted by Crippen LogP contribution is 2.19. The fourth-order valence-electron chi connectivity index (χ4n) is 2.46. The zero-order valence-corrected chi connectivity index (χ0v) is 14.8. The summed E-state index contributed by atoms with van der Waals surface area (Å²) in [7, 11) is 0. The Labute approximate surface area is 142 Å². The van der Waals surface area contributed by atoms with E-state index in [-0.39, 0.29) is 17.7 Å². The Kier molecular flexibility index (Phi) is 5.26. The van der Waals surface area contributed by atoms with E-state index in [1.54, 1.807) is 41.0 Å². The molecule has 0 unspecified atom stereocenters. The summed E-state index contributed by atoms with van der Waals surface area (Å²) in [5.41, 5.74) is 0.657. The van der Waals surface area contributed by atoms with Gasteiger partial charge in [0.15, 0.2) is 0 Å². The molecule has 0 aromatic heterocycles. The average Bonchev–Trinajstić information content (AvgIpc) is 2.53. The van der Waals surface area contributed by atoms with Gasteiger partial charge in [0.1, 0.15) is 0 Å². The molecule has 6 heteroatoms. The van der Waals surface area contributed by atoms with Crippen molar-refractivity contribution in [3.63, 3.8) is 0 Å². The molecule has 1 heterocycles. The Hall–Kier alpha value is -2.37. The van der Waals surface area contributed by atoms with Gasteiger partial charge in [-0.25, -0.2) is 0 Å². The Morgan fingerprint density at radius 1 is 1.00 bits per heavy atom. The number of carbonyl (C=O) groups excluding carboxylic acids is 3. The van der Waals surface area contributed by atoms with Gasteiger partial charge in [0.05, 0.1) is 0 Å². The lowest BCUT2D eigenvalue weighted by atomic mass is 9.95. The summed E-state index contributed by atoms with van der Waals surface area (Å²) in [6.07, 6.45) is 0. The number of carbonyl (C=O) groups is 3. The predicted octanol–water partition coefficient (Wildman–Crippen LogP) is 1.98. The Balaban J connectivity index is 2.05. The summed E-state index contributed by atoms with van der Waals surface area (Å²) >= 11 is 0. The molecule has 0 saturated carbocycles. The molecule has 130 valence electrons. The van der Waals surface area contributed by atoms with Crippen LogP contribution in [-0.2, 0) is 9.59 Å². The highest BCUT2D eigenvalue weighted by molar-refractivity contribution is 5.98. The van der Waals surface area contributed by atoms with Crippen molar-refractivity contribution in [2.75, 3.05) is 31.5 Å². The molecule has 0 atom stereocenters. The van der Waals surface area contributed by atoms with Crippen LogP contribution in [-0.4, -0.2) is 53.7 Å². The molecule has 1 saturated heterocycles. The van der Waals surface area contributed by atoms with E-state index in [4.69, 9.17) is 0 Å². The number of benzene rings is 1. The molecule has 0 spiro atoms. The minimum Gasteiger partial charge on any atom is -0.339 e. The largest absolute Gasteiger partial charge is 0.339 e. The number of anilines is 1. The van der Waals surface area contributed by atoms with Crippen LogP contribution in [0, 0.1) is 5.41 Å². The minimum absolute atomic E-state index is 0.0361. The van der Waals surface area contributed by atoms with Gasteiger partial charge in [-0.15, -0.1) is 0 Å². The molecular weight excluding hydrogens is 306 g/mol. The number of nitrogens with one attached hydrogen (secondary N) is 1. The smallest absolute Gasteiger partial charge is 0.254 e. The van der Waals surface area contributed by atoms with Gasteiger partial charge >= 0.3 is 0 Å². The fraction of sp³-hybridized carbons (Fsp3) is 0.500. The topological polar surface area (TPSA) is 69.7 Å². The summed E-state index contributed by atoms with van der Waals surface area (Å²) in [5, 5.41) is 2.84. The molecule has 1 aromatic rings. The normalized spacial score (nSPS) is 15.2. The molecule has 24 heavy (non-hydrogen) atoms. The van der Waals surface area contributed by atoms with E-state index in [2.05, 4.69) is 5.32 Å². The highest BCUT2D eigenvalue weighted by Gasteiger charge is 2.24. The van der Waals surface area contributed by atoms with Crippen LogP contribution in [0.4, 0.5) is 5.69 Å². The second-order valence-electron chi connectivity index (χ2n) is 7.08. The summed E-state index contributed by atoms with van der Waals surface area (Å²) < 4.78 is 0. The highest BCUT2D eigenvalue weighted by atomic mass is 16.2. The van der Waals surface area contributed by atoms with Crippen molar-refractivity contribution in [2.24, 2.45) is 5.41 Å². The Morgan fingerprint density at radius 2 is 1.58 bits per heavy atom. The van der Waals surface area contributed by atoms with Crippen LogP contribution in [0.3, 0.4) is 0 Å². The van der Waals surface area contributed by atoms with Crippen LogP contribution in [0.5, 0.6) is 0 Å². The van der Waals surface area contributed by atoms with Crippen LogP contribution < -0.4 is 5.32 Å². The van der Waals surface area contributed by atoms with Gasteiger partial charge in [0.25, 0.3) is 5.91 Å². The van der Waals surface area contributed by atoms with Crippen molar-refractivity contribution in [3.8, 4) is 0 Å². The number of piperazine rings is 1. The third-order valence-corrected chi connectivity index (χ3v) is 4.06. The molecule has 0 radical (unpaired) electrons. The molecule has 0 bridgehead atoms. The van der Waals surface area contributed by atoms with Gasteiger partial charge in [-0.05, 0) is 18.2 Å². The molecule has 3 amide bonds. The molecule has 1 aliphatic heterocycles. The first-order valence-electron chi connectivity index (χ1n) is 8.15. The fourth-order valence-corrected chi connectivity index (χ4v) is 2.46. The van der Waals surface area contributed by atoms with Crippen LogP contribution in [0.25, 0.3) is 0 Å². The third kappa shape index (κ3) is 4.34. The first-order valence-corrected chi connectivity index (χ1v) is 8.15. The monoisotopic (exact) mass is 331 g/mol. The second-order valence-corrected chi connectivity index (χ2v) is 7.08. The van der Waals surface area contributed by atoms with Crippen molar-refractivity contribution >= 4 is 23.4 Å². The maximum Gasteiger partial charge on any atom is 0.254 e. The van der Waals surface area contributed by atoms with E-state index in [0.717, 1.165) is 0 Å². The lowest BCUT2D eigenvalue weighted by Gasteiger charge is -2.34. The zero-order valence-electron chi connectivity index (χ0n) is 14.8. The molecule has 0 aliphatic carbocycles. The number of nitrogens with zero attached hydrogens (tertiary/aromatic N) is 2. The van der Waals surface area contributed by atoms with Crippen LogP contribution >= 0.6 is 0 Å². The maximum absolute atomic E-state index is 12.6. The summed E-state index contributed by atoms with van der Waals surface area (Å²) in [6, 6.07) is 6.97. The summed E-state index contributed by atoms with van der Waals surface area (Å²) in [5.74, 6) is -0.138. The van der Waals surface area contributed by atoms with Gasteiger partial charge in [-0.2, -0.15) is 0 Å². The summed E-state index contributed by atoms with van der Waals surface area (Å²) in [6.45, 7) is 9.22. The molecule has 1 N–H and O–H groups in total. The van der Waals surface area contributed by atoms with Crippen molar-refractivity contribution in [2.45, 2.75) is 27.7 Å². The second kappa shape index (κ2) is 7.03. The number of hydrogen-bond acceptors (Lipinski definition) is 3. The first kappa shape index (κ1) is 18.0. The summed E-state index contributed by atoms with van der Waals surface area (Å²) in [4.78, 5) is 39.5. The molecule has 1 fully saturated rings. The van der Waals surface area contributed by atoms with E-state index in [9.17, 15) is 14.4 Å². The van der Waals surface area contributed by atoms with Crippen molar-refractivity contribution in [1.82, 2.24) is 9.80 Å². The quantitative estimate of drug-likeness (QED) is 0.901. The van der Waals surface area contributed by atoms with Gasteiger partial charge in [-0.3, -0.25) is 14.4 Å². The Morgan fingerprint density at radius 3 is 2.12 bits per heavy atom. The van der Waals surface area contributed by atoms with E-state index in [0.29, 0.717) is 37.4 Å². The van der Waals surface area contributed by atoms with Gasteiger partial charge in [0.2, 0.25) is 11.8 Å². The molecule has 1 aromatic carbocycles.